The van der Waals surface area contributed by atoms with Crippen LogP contribution in [0.3, 0.4) is 0 Å². The van der Waals surface area contributed by atoms with E-state index in [2.05, 4.69) is 5.32 Å². The van der Waals surface area contributed by atoms with Crippen molar-refractivity contribution in [2.45, 2.75) is 4.90 Å². The second-order valence-electron chi connectivity index (χ2n) is 3.18. The third-order valence-electron chi connectivity index (χ3n) is 1.88. The van der Waals surface area contributed by atoms with Gasteiger partial charge >= 0.3 is 0 Å². The Morgan fingerprint density at radius 3 is 2.50 bits per heavy atom. The average molecular weight is 292 g/mol. The molecule has 0 saturated heterocycles. The Balaban J connectivity index is 0.00000289. The monoisotopic (exact) mass is 291 g/mol. The SMILES string of the molecule is Cl.NCCNC(=O)CSc1ccc([N+](=O)[O-])cc1. The molecule has 1 amide bonds. The largest absolute Gasteiger partial charge is 0.354 e. The number of nitro groups is 1. The second kappa shape index (κ2) is 8.73. The van der Waals surface area contributed by atoms with E-state index in [0.29, 0.717) is 13.1 Å². The summed E-state index contributed by atoms with van der Waals surface area (Å²) in [7, 11) is 0. The summed E-state index contributed by atoms with van der Waals surface area (Å²) in [6.45, 7) is 0.869. The molecule has 0 atom stereocenters. The Hall–Kier alpha value is -1.31. The number of carbonyl (C=O) groups excluding carboxylic acids is 1. The van der Waals surface area contributed by atoms with E-state index < -0.39 is 4.92 Å². The highest BCUT2D eigenvalue weighted by Crippen LogP contribution is 2.20. The Bertz CT molecular complexity index is 400. The third kappa shape index (κ3) is 5.85. The second-order valence-corrected chi connectivity index (χ2v) is 4.23. The molecule has 3 N–H and O–H groups in total. The minimum Gasteiger partial charge on any atom is -0.354 e. The molecule has 6 nitrogen and oxygen atoms in total. The highest BCUT2D eigenvalue weighted by molar-refractivity contribution is 8.00. The van der Waals surface area contributed by atoms with Crippen molar-refractivity contribution in [2.24, 2.45) is 5.73 Å². The van der Waals surface area contributed by atoms with E-state index >= 15 is 0 Å². The molecule has 0 bridgehead atoms. The molecule has 0 spiro atoms. The zero-order valence-electron chi connectivity index (χ0n) is 9.50. The summed E-state index contributed by atoms with van der Waals surface area (Å²) in [6, 6.07) is 6.08. The fourth-order valence-electron chi connectivity index (χ4n) is 1.08. The molecule has 18 heavy (non-hydrogen) atoms. The fraction of sp³-hybridized carbons (Fsp3) is 0.300. The van der Waals surface area contributed by atoms with E-state index in [1.54, 1.807) is 12.1 Å². The van der Waals surface area contributed by atoms with Crippen molar-refractivity contribution in [2.75, 3.05) is 18.8 Å². The standard InChI is InChI=1S/C10H13N3O3S.ClH/c11-5-6-12-10(14)7-17-9-3-1-8(2-4-9)13(15)16;/h1-4H,5-7,11H2,(H,12,14);1H. The highest BCUT2D eigenvalue weighted by atomic mass is 35.5. The summed E-state index contributed by atoms with van der Waals surface area (Å²) in [5.74, 6) is 0.177. The quantitative estimate of drug-likeness (QED) is 0.466. The van der Waals surface area contributed by atoms with Gasteiger partial charge in [0.25, 0.3) is 5.69 Å². The van der Waals surface area contributed by atoms with Crippen molar-refractivity contribution in [3.8, 4) is 0 Å². The number of benzene rings is 1. The molecule has 1 rings (SSSR count). The maximum absolute atomic E-state index is 11.3. The molecule has 8 heteroatoms. The lowest BCUT2D eigenvalue weighted by Crippen LogP contribution is -2.30. The van der Waals surface area contributed by atoms with Crippen LogP contribution < -0.4 is 11.1 Å². The van der Waals surface area contributed by atoms with Gasteiger partial charge in [-0.25, -0.2) is 0 Å². The van der Waals surface area contributed by atoms with Gasteiger partial charge in [-0.1, -0.05) is 0 Å². The van der Waals surface area contributed by atoms with E-state index in [1.165, 1.54) is 23.9 Å². The molecule has 0 aromatic heterocycles. The van der Waals surface area contributed by atoms with E-state index in [-0.39, 0.29) is 29.8 Å². The van der Waals surface area contributed by atoms with Crippen LogP contribution in [0.4, 0.5) is 5.69 Å². The normalized spacial score (nSPS) is 9.39. The van der Waals surface area contributed by atoms with Crippen LogP contribution in [-0.2, 0) is 4.79 Å². The van der Waals surface area contributed by atoms with Gasteiger partial charge in [0.05, 0.1) is 10.7 Å². The van der Waals surface area contributed by atoms with E-state index in [4.69, 9.17) is 5.73 Å². The first-order valence-electron chi connectivity index (χ1n) is 4.97. The number of hydrogen-bond acceptors (Lipinski definition) is 5. The number of non-ortho nitro benzene ring substituents is 1. The van der Waals surface area contributed by atoms with Gasteiger partial charge in [-0.05, 0) is 12.1 Å². The molecule has 1 aromatic rings. The lowest BCUT2D eigenvalue weighted by molar-refractivity contribution is -0.384. The van der Waals surface area contributed by atoms with Crippen LogP contribution in [0.5, 0.6) is 0 Å². The van der Waals surface area contributed by atoms with Gasteiger partial charge in [-0.2, -0.15) is 0 Å². The number of thioether (sulfide) groups is 1. The van der Waals surface area contributed by atoms with E-state index in [0.717, 1.165) is 4.90 Å². The molecule has 0 aliphatic heterocycles. The molecule has 0 aliphatic carbocycles. The highest BCUT2D eigenvalue weighted by Gasteiger charge is 2.05. The molecule has 1 aromatic carbocycles. The molecular formula is C10H14ClN3O3S. The van der Waals surface area contributed by atoms with Gasteiger partial charge in [0.1, 0.15) is 0 Å². The smallest absolute Gasteiger partial charge is 0.269 e. The topological polar surface area (TPSA) is 98.3 Å². The molecule has 0 radical (unpaired) electrons. The maximum atomic E-state index is 11.3. The summed E-state index contributed by atoms with van der Waals surface area (Å²) in [4.78, 5) is 22.0. The summed E-state index contributed by atoms with van der Waals surface area (Å²) in [5.41, 5.74) is 5.29. The third-order valence-corrected chi connectivity index (χ3v) is 2.90. The van der Waals surface area contributed by atoms with Gasteiger partial charge in [0.15, 0.2) is 0 Å². The first kappa shape index (κ1) is 16.7. The van der Waals surface area contributed by atoms with Crippen LogP contribution in [0.15, 0.2) is 29.2 Å². The minimum absolute atomic E-state index is 0. The zero-order valence-corrected chi connectivity index (χ0v) is 11.1. The van der Waals surface area contributed by atoms with E-state index in [1.807, 2.05) is 0 Å². The summed E-state index contributed by atoms with van der Waals surface area (Å²) < 4.78 is 0. The first-order valence-corrected chi connectivity index (χ1v) is 5.96. The summed E-state index contributed by atoms with van der Waals surface area (Å²) in [5, 5.41) is 13.1. The Morgan fingerprint density at radius 2 is 2.00 bits per heavy atom. The number of nitrogens with zero attached hydrogens (tertiary/aromatic N) is 1. The number of halogens is 1. The van der Waals surface area contributed by atoms with Crippen LogP contribution in [-0.4, -0.2) is 29.7 Å². The van der Waals surface area contributed by atoms with Crippen molar-refractivity contribution in [3.63, 3.8) is 0 Å². The van der Waals surface area contributed by atoms with Crippen molar-refractivity contribution in [1.29, 1.82) is 0 Å². The molecule has 0 fully saturated rings. The molecule has 0 unspecified atom stereocenters. The Morgan fingerprint density at radius 1 is 1.39 bits per heavy atom. The molecule has 0 saturated carbocycles. The number of nitro benzene ring substituents is 1. The number of amides is 1. The van der Waals surface area contributed by atoms with Crippen LogP contribution >= 0.6 is 24.2 Å². The maximum Gasteiger partial charge on any atom is 0.269 e. The Labute approximate surface area is 115 Å². The van der Waals surface area contributed by atoms with Crippen molar-refractivity contribution in [3.05, 3.63) is 34.4 Å². The van der Waals surface area contributed by atoms with Crippen LogP contribution in [0.25, 0.3) is 0 Å². The molecular weight excluding hydrogens is 278 g/mol. The van der Waals surface area contributed by atoms with Gasteiger partial charge in [-0.3, -0.25) is 14.9 Å². The molecule has 0 aliphatic rings. The van der Waals surface area contributed by atoms with Crippen molar-refractivity contribution >= 4 is 35.8 Å². The number of nitrogens with two attached hydrogens (primary N) is 1. The first-order chi connectivity index (χ1) is 8.13. The predicted octanol–water partition coefficient (Wildman–Crippen LogP) is 1.18. The fourth-order valence-corrected chi connectivity index (χ4v) is 1.80. The predicted molar refractivity (Wildman–Crippen MR) is 73.1 cm³/mol. The minimum atomic E-state index is -0.456. The number of carbonyl (C=O) groups is 1. The number of rotatable bonds is 6. The van der Waals surface area contributed by atoms with Crippen LogP contribution in [0, 0.1) is 10.1 Å². The van der Waals surface area contributed by atoms with Crippen LogP contribution in [0.2, 0.25) is 0 Å². The molecule has 0 heterocycles. The van der Waals surface area contributed by atoms with Gasteiger partial charge < -0.3 is 11.1 Å². The number of hydrogen-bond donors (Lipinski definition) is 2. The lowest BCUT2D eigenvalue weighted by atomic mass is 10.3. The van der Waals surface area contributed by atoms with Crippen LogP contribution in [0.1, 0.15) is 0 Å². The summed E-state index contributed by atoms with van der Waals surface area (Å²) >= 11 is 1.32. The zero-order chi connectivity index (χ0) is 12.7. The lowest BCUT2D eigenvalue weighted by Gasteiger charge is -2.03. The van der Waals surface area contributed by atoms with Gasteiger partial charge in [0, 0.05) is 30.1 Å². The molecule has 100 valence electrons. The van der Waals surface area contributed by atoms with Gasteiger partial charge in [-0.15, -0.1) is 24.2 Å². The van der Waals surface area contributed by atoms with Crippen molar-refractivity contribution in [1.82, 2.24) is 5.32 Å². The van der Waals surface area contributed by atoms with Gasteiger partial charge in [0.2, 0.25) is 5.91 Å². The number of nitrogens with one attached hydrogen (secondary N) is 1. The summed E-state index contributed by atoms with van der Waals surface area (Å²) in [6.07, 6.45) is 0. The Kier molecular flexibility index (Phi) is 8.10. The van der Waals surface area contributed by atoms with Crippen molar-refractivity contribution < 1.29 is 9.72 Å². The van der Waals surface area contributed by atoms with E-state index in [9.17, 15) is 14.9 Å². The average Bonchev–Trinajstić information content (AvgIpc) is 2.34.